The number of aromatic nitrogens is 1. The van der Waals surface area contributed by atoms with E-state index in [0.29, 0.717) is 22.4 Å². The lowest BCUT2D eigenvalue weighted by molar-refractivity contribution is 0.0958. The first kappa shape index (κ1) is 18.9. The molecule has 148 valence electrons. The lowest BCUT2D eigenvalue weighted by Crippen LogP contribution is -2.44. The van der Waals surface area contributed by atoms with Gasteiger partial charge in [-0.05, 0) is 48.0 Å². The number of carbonyl (C=O) groups excluding carboxylic acids is 1. The third-order valence-electron chi connectivity index (χ3n) is 4.42. The molecule has 2 N–H and O–H groups in total. The van der Waals surface area contributed by atoms with Gasteiger partial charge in [-0.1, -0.05) is 11.6 Å². The van der Waals surface area contributed by atoms with Gasteiger partial charge < -0.3 is 14.8 Å². The molecule has 0 bridgehead atoms. The summed E-state index contributed by atoms with van der Waals surface area (Å²) in [5.41, 5.74) is 4.83. The minimum Gasteiger partial charge on any atom is -0.487 e. The predicted octanol–water partition coefficient (Wildman–Crippen LogP) is 2.79. The molecule has 1 aromatic carbocycles. The van der Waals surface area contributed by atoms with E-state index in [0.717, 1.165) is 11.3 Å². The van der Waals surface area contributed by atoms with Crippen LogP contribution in [-0.2, 0) is 16.1 Å². The molecular formula is C20H18ClN5O3. The number of hydrogen-bond donors (Lipinski definition) is 2. The Morgan fingerprint density at radius 1 is 1.34 bits per heavy atom. The predicted molar refractivity (Wildman–Crippen MR) is 109 cm³/mol. The summed E-state index contributed by atoms with van der Waals surface area (Å²) < 4.78 is 11.5. The van der Waals surface area contributed by atoms with Crippen molar-refractivity contribution >= 4 is 34.9 Å². The van der Waals surface area contributed by atoms with Gasteiger partial charge in [-0.3, -0.25) is 15.2 Å². The van der Waals surface area contributed by atoms with E-state index < -0.39 is 6.10 Å². The lowest BCUT2D eigenvalue weighted by atomic mass is 10.0. The molecule has 4 rings (SSSR count). The van der Waals surface area contributed by atoms with Crippen molar-refractivity contribution in [3.63, 3.8) is 0 Å². The van der Waals surface area contributed by atoms with Gasteiger partial charge in [0.25, 0.3) is 5.91 Å². The first-order chi connectivity index (χ1) is 14.1. The number of nitrogens with zero attached hydrogens (tertiary/aromatic N) is 3. The van der Waals surface area contributed by atoms with Crippen LogP contribution in [0.5, 0.6) is 0 Å². The molecule has 1 amide bonds. The van der Waals surface area contributed by atoms with E-state index in [9.17, 15) is 4.79 Å². The molecule has 0 fully saturated rings. The maximum atomic E-state index is 11.7. The maximum absolute atomic E-state index is 11.7. The highest BCUT2D eigenvalue weighted by molar-refractivity contribution is 6.30. The van der Waals surface area contributed by atoms with E-state index in [2.05, 4.69) is 25.8 Å². The first-order valence-electron chi connectivity index (χ1n) is 8.94. The monoisotopic (exact) mass is 411 g/mol. The van der Waals surface area contributed by atoms with Crippen molar-refractivity contribution in [3.8, 4) is 0 Å². The normalized spacial score (nSPS) is 21.0. The molecule has 1 aromatic heterocycles. The number of benzene rings is 1. The van der Waals surface area contributed by atoms with Crippen molar-refractivity contribution in [2.24, 2.45) is 16.0 Å². The van der Waals surface area contributed by atoms with Crippen LogP contribution in [0.15, 0.2) is 65.0 Å². The van der Waals surface area contributed by atoms with Gasteiger partial charge in [0.2, 0.25) is 5.90 Å². The fraction of sp³-hybridized carbons (Fsp3) is 0.200. The molecule has 8 nitrogen and oxygen atoms in total. The average Bonchev–Trinajstić information content (AvgIpc) is 3.25. The zero-order valence-corrected chi connectivity index (χ0v) is 16.3. The summed E-state index contributed by atoms with van der Waals surface area (Å²) in [6.07, 6.45) is 4.69. The Bertz CT molecular complexity index is 1000. The van der Waals surface area contributed by atoms with E-state index >= 15 is 0 Å². The zero-order chi connectivity index (χ0) is 20.2. The Morgan fingerprint density at radius 2 is 2.17 bits per heavy atom. The highest BCUT2D eigenvalue weighted by Gasteiger charge is 2.38. The first-order valence-corrected chi connectivity index (χ1v) is 9.31. The fourth-order valence-electron chi connectivity index (χ4n) is 2.94. The minimum absolute atomic E-state index is 0.142. The Balaban J connectivity index is 1.48. The summed E-state index contributed by atoms with van der Waals surface area (Å²) in [6, 6.07) is 10.7. The fourth-order valence-corrected chi connectivity index (χ4v) is 3.07. The number of carbonyl (C=O) groups is 1. The van der Waals surface area contributed by atoms with Gasteiger partial charge in [0.1, 0.15) is 18.1 Å². The highest BCUT2D eigenvalue weighted by Crippen LogP contribution is 2.26. The number of fused-ring (bicyclic) bond motifs is 1. The van der Waals surface area contributed by atoms with Crippen LogP contribution in [0.1, 0.15) is 16.1 Å². The second-order valence-electron chi connectivity index (χ2n) is 6.36. The number of nitrogens with one attached hydrogen (secondary N) is 2. The molecule has 0 spiro atoms. The van der Waals surface area contributed by atoms with Gasteiger partial charge in [0.15, 0.2) is 6.10 Å². The maximum Gasteiger partial charge on any atom is 0.269 e. The number of aliphatic imine (C=N–C) groups is 1. The number of ether oxygens (including phenoxy) is 2. The molecule has 2 aliphatic heterocycles. The van der Waals surface area contributed by atoms with Crippen molar-refractivity contribution in [2.75, 3.05) is 7.05 Å². The minimum atomic E-state index is -0.400. The number of halogens is 1. The Kier molecular flexibility index (Phi) is 5.44. The van der Waals surface area contributed by atoms with Crippen LogP contribution < -0.4 is 10.7 Å². The van der Waals surface area contributed by atoms with Crippen LogP contribution in [0.2, 0.25) is 5.02 Å². The van der Waals surface area contributed by atoms with Gasteiger partial charge in [0.05, 0.1) is 17.9 Å². The van der Waals surface area contributed by atoms with Crippen LogP contribution in [0.4, 0.5) is 5.69 Å². The van der Waals surface area contributed by atoms with Crippen LogP contribution >= 0.6 is 11.6 Å². The number of rotatable bonds is 4. The summed E-state index contributed by atoms with van der Waals surface area (Å²) in [5.74, 6) is 0.671. The van der Waals surface area contributed by atoms with Crippen LogP contribution in [0, 0.1) is 5.92 Å². The smallest absolute Gasteiger partial charge is 0.269 e. The summed E-state index contributed by atoms with van der Waals surface area (Å²) >= 11 is 5.92. The molecular weight excluding hydrogens is 394 g/mol. The summed E-state index contributed by atoms with van der Waals surface area (Å²) in [7, 11) is 1.56. The van der Waals surface area contributed by atoms with Crippen molar-refractivity contribution in [1.82, 2.24) is 15.7 Å². The van der Waals surface area contributed by atoms with Gasteiger partial charge in [-0.2, -0.15) is 0 Å². The molecule has 2 aromatic rings. The molecule has 0 saturated heterocycles. The molecule has 29 heavy (non-hydrogen) atoms. The molecule has 2 aliphatic rings. The molecule has 9 heteroatoms. The van der Waals surface area contributed by atoms with Gasteiger partial charge in [-0.15, -0.1) is 5.10 Å². The van der Waals surface area contributed by atoms with E-state index in [1.807, 2.05) is 18.2 Å². The van der Waals surface area contributed by atoms with E-state index in [1.54, 1.807) is 43.8 Å². The number of pyridine rings is 1. The van der Waals surface area contributed by atoms with Crippen molar-refractivity contribution in [1.29, 1.82) is 0 Å². The van der Waals surface area contributed by atoms with Crippen LogP contribution in [0.3, 0.4) is 0 Å². The third kappa shape index (κ3) is 4.22. The topological polar surface area (TPSA) is 97.2 Å². The summed E-state index contributed by atoms with van der Waals surface area (Å²) in [4.78, 5) is 20.4. The zero-order valence-electron chi connectivity index (χ0n) is 15.5. The van der Waals surface area contributed by atoms with Gasteiger partial charge >= 0.3 is 0 Å². The molecule has 2 atom stereocenters. The Hall–Kier alpha value is -3.39. The molecule has 2 unspecified atom stereocenters. The van der Waals surface area contributed by atoms with Crippen molar-refractivity contribution in [3.05, 3.63) is 71.2 Å². The van der Waals surface area contributed by atoms with Crippen LogP contribution in [0.25, 0.3) is 0 Å². The Labute approximate surface area is 172 Å². The SMILES string of the molecule is CNC(=O)c1cc(COC2=NNC(=Nc3ccc(Cl)cc3)C3C=COC23)ccn1. The highest BCUT2D eigenvalue weighted by atomic mass is 35.5. The third-order valence-corrected chi connectivity index (χ3v) is 4.68. The van der Waals surface area contributed by atoms with Crippen molar-refractivity contribution < 1.29 is 14.3 Å². The van der Waals surface area contributed by atoms with Gasteiger partial charge in [0, 0.05) is 18.3 Å². The van der Waals surface area contributed by atoms with Gasteiger partial charge in [-0.25, -0.2) is 4.99 Å². The number of hydrazone groups is 1. The second kappa shape index (κ2) is 8.32. The second-order valence-corrected chi connectivity index (χ2v) is 6.80. The number of amidine groups is 1. The standard InChI is InChI=1S/C20H18ClN5O3/c1-22-19(27)16-10-12(6-8-23-16)11-29-20-17-15(7-9-28-17)18(25-26-20)24-14-4-2-13(21)3-5-14/h2-10,15,17H,11H2,1H3,(H,22,27)(H,24,25). The van der Waals surface area contributed by atoms with E-state index in [1.165, 1.54) is 0 Å². The number of amides is 1. The quantitative estimate of drug-likeness (QED) is 0.806. The lowest BCUT2D eigenvalue weighted by Gasteiger charge is -2.26. The molecule has 0 aliphatic carbocycles. The molecule has 0 radical (unpaired) electrons. The molecule has 0 saturated carbocycles. The summed E-state index contributed by atoms with van der Waals surface area (Å²) in [5, 5.41) is 7.48. The summed E-state index contributed by atoms with van der Waals surface area (Å²) in [6.45, 7) is 0.225. The van der Waals surface area contributed by atoms with E-state index in [4.69, 9.17) is 21.1 Å². The van der Waals surface area contributed by atoms with Crippen LogP contribution in [-0.4, -0.2) is 35.8 Å². The van der Waals surface area contributed by atoms with E-state index in [-0.39, 0.29) is 18.4 Å². The average molecular weight is 412 g/mol. The Morgan fingerprint density at radius 3 is 2.97 bits per heavy atom. The molecule has 3 heterocycles. The number of hydrogen-bond acceptors (Lipinski definition) is 6. The largest absolute Gasteiger partial charge is 0.487 e. The van der Waals surface area contributed by atoms with Crippen molar-refractivity contribution in [2.45, 2.75) is 12.7 Å².